The number of aryl methyl sites for hydroxylation is 2. The molecule has 0 radical (unpaired) electrons. The summed E-state index contributed by atoms with van der Waals surface area (Å²) in [6.45, 7) is 0.325. The lowest BCUT2D eigenvalue weighted by molar-refractivity contribution is 0.218. The van der Waals surface area contributed by atoms with E-state index in [-0.39, 0.29) is 5.25 Å². The van der Waals surface area contributed by atoms with Crippen LogP contribution in [0.3, 0.4) is 0 Å². The molecule has 0 bridgehead atoms. The number of thiophene rings is 2. The van der Waals surface area contributed by atoms with Gasteiger partial charge < -0.3 is 16.2 Å². The van der Waals surface area contributed by atoms with Gasteiger partial charge in [-0.3, -0.25) is 22.8 Å². The summed E-state index contributed by atoms with van der Waals surface area (Å²) in [5.41, 5.74) is 23.1. The van der Waals surface area contributed by atoms with Crippen molar-refractivity contribution in [3.63, 3.8) is 0 Å². The van der Waals surface area contributed by atoms with Crippen molar-refractivity contribution >= 4 is 98.3 Å². The summed E-state index contributed by atoms with van der Waals surface area (Å²) in [5, 5.41) is 11.7. The SMILES string of the molecule is COCCS(=O)c1sc2nc(-c3cnc4nn(C)cc4c3)nc(-c3ccc(-c4cc(-c5cc(-c6cnc7nccnc7c6)nc6sc(S(=O)C7CCC7)c(N)c56)n(C)n4)cc3)c2c1N. The summed E-state index contributed by atoms with van der Waals surface area (Å²) in [6.07, 6.45) is 11.5. The van der Waals surface area contributed by atoms with Crippen LogP contribution in [0.2, 0.25) is 0 Å². The van der Waals surface area contributed by atoms with Crippen molar-refractivity contribution < 1.29 is 13.2 Å². The van der Waals surface area contributed by atoms with Crippen LogP contribution in [0.5, 0.6) is 0 Å². The molecule has 64 heavy (non-hydrogen) atoms. The van der Waals surface area contributed by atoms with Crippen LogP contribution in [-0.2, 0) is 40.4 Å². The number of nitrogens with two attached hydrogens (primary N) is 2. The highest BCUT2D eigenvalue weighted by molar-refractivity contribution is 7.88. The highest BCUT2D eigenvalue weighted by Gasteiger charge is 2.30. The zero-order valence-corrected chi connectivity index (χ0v) is 37.8. The molecular formula is C44H37N13O3S4. The van der Waals surface area contributed by atoms with Crippen LogP contribution in [0.25, 0.3) is 99.0 Å². The predicted molar refractivity (Wildman–Crippen MR) is 254 cm³/mol. The molecule has 16 nitrogen and oxygen atoms in total. The molecule has 1 aliphatic carbocycles. The van der Waals surface area contributed by atoms with E-state index in [1.807, 2.05) is 73.5 Å². The number of methoxy groups -OCH3 is 1. The van der Waals surface area contributed by atoms with E-state index in [4.69, 9.17) is 36.3 Å². The topological polar surface area (TPSA) is 221 Å². The second kappa shape index (κ2) is 16.0. The van der Waals surface area contributed by atoms with E-state index in [2.05, 4.69) is 25.0 Å². The number of hydrogen-bond donors (Lipinski definition) is 2. The number of nitrogens with zero attached hydrogens (tertiary/aromatic N) is 11. The van der Waals surface area contributed by atoms with E-state index >= 15 is 0 Å². The summed E-state index contributed by atoms with van der Waals surface area (Å²) in [4.78, 5) is 34.3. The third kappa shape index (κ3) is 6.92. The first-order chi connectivity index (χ1) is 31.1. The van der Waals surface area contributed by atoms with Gasteiger partial charge in [0.25, 0.3) is 0 Å². The van der Waals surface area contributed by atoms with Crippen molar-refractivity contribution in [2.24, 2.45) is 14.1 Å². The van der Waals surface area contributed by atoms with E-state index in [0.29, 0.717) is 86.8 Å². The fourth-order valence-corrected chi connectivity index (χ4v) is 13.7. The molecular weight excluding hydrogens is 887 g/mol. The molecule has 20 heteroatoms. The Balaban J connectivity index is 1.01. The van der Waals surface area contributed by atoms with Crippen molar-refractivity contribution in [3.8, 4) is 56.4 Å². The molecule has 4 N–H and O–H groups in total. The number of benzene rings is 1. The Morgan fingerprint density at radius 2 is 1.50 bits per heavy atom. The molecule has 9 aromatic heterocycles. The Hall–Kier alpha value is -6.45. The predicted octanol–water partition coefficient (Wildman–Crippen LogP) is 7.57. The van der Waals surface area contributed by atoms with Gasteiger partial charge in [0.05, 0.1) is 73.5 Å². The fourth-order valence-electron chi connectivity index (χ4n) is 7.91. The van der Waals surface area contributed by atoms with Gasteiger partial charge in [-0.25, -0.2) is 29.9 Å². The molecule has 0 saturated heterocycles. The monoisotopic (exact) mass is 923 g/mol. The summed E-state index contributed by atoms with van der Waals surface area (Å²) < 4.78 is 37.2. The number of hydrogen-bond acceptors (Lipinski definition) is 16. The number of fused-ring (bicyclic) bond motifs is 4. The number of anilines is 2. The molecule has 11 rings (SSSR count). The molecule has 1 aliphatic rings. The van der Waals surface area contributed by atoms with Gasteiger partial charge >= 0.3 is 0 Å². The second-order valence-electron chi connectivity index (χ2n) is 15.5. The van der Waals surface area contributed by atoms with E-state index in [0.717, 1.165) is 63.7 Å². The third-order valence-electron chi connectivity index (χ3n) is 11.4. The molecule has 0 aliphatic heterocycles. The van der Waals surface area contributed by atoms with Crippen LogP contribution >= 0.6 is 22.7 Å². The van der Waals surface area contributed by atoms with Crippen molar-refractivity contribution in [1.29, 1.82) is 0 Å². The summed E-state index contributed by atoms with van der Waals surface area (Å²) in [6, 6.07) is 15.8. The minimum Gasteiger partial charge on any atom is -0.396 e. The van der Waals surface area contributed by atoms with E-state index < -0.39 is 21.6 Å². The number of nitrogen functional groups attached to an aromatic ring is 2. The highest BCUT2D eigenvalue weighted by Crippen LogP contribution is 2.46. The fraction of sp³-hybridized carbons (Fsp3) is 0.205. The Morgan fingerprint density at radius 3 is 2.30 bits per heavy atom. The van der Waals surface area contributed by atoms with Crippen LogP contribution in [0.15, 0.2) is 87.9 Å². The Morgan fingerprint density at radius 1 is 0.766 bits per heavy atom. The van der Waals surface area contributed by atoms with E-state index in [1.54, 1.807) is 36.6 Å². The summed E-state index contributed by atoms with van der Waals surface area (Å²) in [7, 11) is 2.68. The number of rotatable bonds is 11. The average Bonchev–Trinajstić information content (AvgIpc) is 4.05. The second-order valence-corrected chi connectivity index (χ2v) is 21.2. The van der Waals surface area contributed by atoms with Crippen LogP contribution < -0.4 is 11.5 Å². The molecule has 320 valence electrons. The summed E-state index contributed by atoms with van der Waals surface area (Å²) in [5.74, 6) is 0.755. The molecule has 2 unspecified atom stereocenters. The Bertz CT molecular complexity index is 3540. The lowest BCUT2D eigenvalue weighted by Crippen LogP contribution is -2.23. The largest absolute Gasteiger partial charge is 0.396 e. The smallest absolute Gasteiger partial charge is 0.181 e. The van der Waals surface area contributed by atoms with Gasteiger partial charge in [0.1, 0.15) is 23.6 Å². The van der Waals surface area contributed by atoms with Gasteiger partial charge in [-0.2, -0.15) is 10.2 Å². The van der Waals surface area contributed by atoms with Gasteiger partial charge in [-0.05, 0) is 37.1 Å². The Kier molecular flexibility index (Phi) is 10.1. The van der Waals surface area contributed by atoms with Gasteiger partial charge in [-0.15, -0.1) is 22.7 Å². The van der Waals surface area contributed by atoms with Crippen molar-refractivity contribution in [2.45, 2.75) is 32.9 Å². The highest BCUT2D eigenvalue weighted by atomic mass is 32.2. The maximum absolute atomic E-state index is 13.8. The molecule has 10 aromatic rings. The maximum atomic E-state index is 13.8. The van der Waals surface area contributed by atoms with Gasteiger partial charge in [0.15, 0.2) is 17.1 Å². The normalized spacial score (nSPS) is 14.2. The minimum absolute atomic E-state index is 0.0918. The molecule has 2 atom stereocenters. The Labute approximate surface area is 377 Å². The molecule has 9 heterocycles. The van der Waals surface area contributed by atoms with Gasteiger partial charge in [0.2, 0.25) is 0 Å². The van der Waals surface area contributed by atoms with Crippen molar-refractivity contribution in [3.05, 3.63) is 79.5 Å². The standard InChI is InChI=1S/C44H37N13O3S4/c1-56-21-26-15-25(20-49-38(26)55-56)39-52-37(34-36(46)43(61-42(34)53-39)63(58)14-13-60-3)23-9-7-22(8-10-23)30-18-32(57(2)54-30)28-17-29(24-16-31-40(50-19-24)48-12-11-47-31)51-41-33(28)35(45)44(62-41)64(59)27-5-4-6-27/h7-12,15-21,27H,4-6,13-14,45-46H2,1-3H3. The number of aromatic nitrogens is 11. The van der Waals surface area contributed by atoms with E-state index in [1.165, 1.54) is 22.7 Å². The van der Waals surface area contributed by atoms with Crippen LogP contribution in [0.4, 0.5) is 11.4 Å². The van der Waals surface area contributed by atoms with E-state index in [9.17, 15) is 8.42 Å². The molecule has 0 spiro atoms. The zero-order valence-electron chi connectivity index (χ0n) is 34.6. The molecule has 1 fully saturated rings. The third-order valence-corrected chi connectivity index (χ3v) is 17.6. The maximum Gasteiger partial charge on any atom is 0.181 e. The lowest BCUT2D eigenvalue weighted by atomic mass is 10.0. The van der Waals surface area contributed by atoms with Crippen LogP contribution in [-0.4, -0.2) is 87.6 Å². The molecule has 1 saturated carbocycles. The van der Waals surface area contributed by atoms with Crippen LogP contribution in [0, 0.1) is 0 Å². The van der Waals surface area contributed by atoms with Crippen LogP contribution in [0.1, 0.15) is 19.3 Å². The average molecular weight is 924 g/mol. The minimum atomic E-state index is -1.40. The lowest BCUT2D eigenvalue weighted by Gasteiger charge is -2.23. The first kappa shape index (κ1) is 40.3. The quantitative estimate of drug-likeness (QED) is 0.128. The first-order valence-electron chi connectivity index (χ1n) is 20.2. The first-order valence-corrected chi connectivity index (χ1v) is 24.4. The zero-order chi connectivity index (χ0) is 43.8. The van der Waals surface area contributed by atoms with Crippen molar-refractivity contribution in [2.75, 3.05) is 30.9 Å². The number of pyridine rings is 3. The van der Waals surface area contributed by atoms with Gasteiger partial charge in [-0.1, -0.05) is 30.7 Å². The molecule has 1 aromatic carbocycles. The van der Waals surface area contributed by atoms with Gasteiger partial charge in [0, 0.05) is 96.0 Å². The van der Waals surface area contributed by atoms with Crippen molar-refractivity contribution in [1.82, 2.24) is 54.4 Å². The number of ether oxygens (including phenoxy) is 1. The summed E-state index contributed by atoms with van der Waals surface area (Å²) >= 11 is 2.69. The molecule has 0 amide bonds.